The first-order valence-electron chi connectivity index (χ1n) is 9.32. The summed E-state index contributed by atoms with van der Waals surface area (Å²) >= 11 is 0. The van der Waals surface area contributed by atoms with Crippen LogP contribution in [0, 0.1) is 11.7 Å². The Morgan fingerprint density at radius 2 is 1.85 bits per heavy atom. The highest BCUT2D eigenvalue weighted by Crippen LogP contribution is 2.30. The second-order valence-corrected chi connectivity index (χ2v) is 7.11. The lowest BCUT2D eigenvalue weighted by atomic mass is 9.87. The average Bonchev–Trinajstić information content (AvgIpc) is 3.03. The van der Waals surface area contributed by atoms with Crippen molar-refractivity contribution in [2.24, 2.45) is 5.92 Å². The van der Waals surface area contributed by atoms with Crippen molar-refractivity contribution in [1.82, 2.24) is 19.1 Å². The molecule has 7 heteroatoms. The van der Waals surface area contributed by atoms with Gasteiger partial charge in [0.15, 0.2) is 5.65 Å². The summed E-state index contributed by atoms with van der Waals surface area (Å²) in [7, 11) is 0. The number of likely N-dealkylation sites (tertiary alicyclic amines) is 1. The molecule has 2 aromatic heterocycles. The molecule has 0 radical (unpaired) electrons. The zero-order valence-electron chi connectivity index (χ0n) is 15.0. The predicted octanol–water partition coefficient (Wildman–Crippen LogP) is 2.08. The van der Waals surface area contributed by atoms with Crippen LogP contribution in [-0.2, 0) is 6.54 Å². The Kier molecular flexibility index (Phi) is 5.05. The fraction of sp³-hybridized carbons (Fsp3) is 0.400. The van der Waals surface area contributed by atoms with Crippen molar-refractivity contribution in [2.45, 2.75) is 25.5 Å². The predicted molar refractivity (Wildman–Crippen MR) is 100.0 cm³/mol. The summed E-state index contributed by atoms with van der Waals surface area (Å²) < 4.78 is 16.1. The van der Waals surface area contributed by atoms with Gasteiger partial charge in [0, 0.05) is 12.7 Å². The minimum Gasteiger partial charge on any atom is -0.388 e. The Bertz CT molecular complexity index is 958. The fourth-order valence-electron chi connectivity index (χ4n) is 3.77. The van der Waals surface area contributed by atoms with Gasteiger partial charge in [-0.1, -0.05) is 18.2 Å². The summed E-state index contributed by atoms with van der Waals surface area (Å²) in [6, 6.07) is 11.6. The standard InChI is InChI=1S/C20H23FN4O2/c21-17-6-4-15(5-7-17)19(26)16-8-11-23(12-9-16)13-14-25-20(27)24-10-2-1-3-18(24)22-25/h1-7,10,16,19,26H,8-9,11-14H2/t19-/m1/s1. The molecule has 1 saturated heterocycles. The molecule has 27 heavy (non-hydrogen) atoms. The van der Waals surface area contributed by atoms with Gasteiger partial charge in [0.05, 0.1) is 12.6 Å². The summed E-state index contributed by atoms with van der Waals surface area (Å²) in [5, 5.41) is 14.9. The van der Waals surface area contributed by atoms with Gasteiger partial charge in [0.25, 0.3) is 0 Å². The normalized spacial score (nSPS) is 17.4. The van der Waals surface area contributed by atoms with E-state index >= 15 is 0 Å². The molecule has 0 saturated carbocycles. The largest absolute Gasteiger partial charge is 0.388 e. The number of piperidine rings is 1. The summed E-state index contributed by atoms with van der Waals surface area (Å²) in [6.45, 7) is 3.03. The third-order valence-corrected chi connectivity index (χ3v) is 5.41. The van der Waals surface area contributed by atoms with Crippen molar-refractivity contribution in [1.29, 1.82) is 0 Å². The number of nitrogens with zero attached hydrogens (tertiary/aromatic N) is 4. The van der Waals surface area contributed by atoms with Crippen molar-refractivity contribution in [3.63, 3.8) is 0 Å². The number of hydrogen-bond donors (Lipinski definition) is 1. The van der Waals surface area contributed by atoms with E-state index in [4.69, 9.17) is 0 Å². The molecule has 1 N–H and O–H groups in total. The number of hydrogen-bond acceptors (Lipinski definition) is 4. The minimum atomic E-state index is -0.561. The van der Waals surface area contributed by atoms with Crippen molar-refractivity contribution in [2.75, 3.05) is 19.6 Å². The molecule has 1 aromatic carbocycles. The SMILES string of the molecule is O=c1n(CCN2CCC([C@H](O)c3ccc(F)cc3)CC2)nc2ccccn12. The van der Waals surface area contributed by atoms with E-state index in [0.717, 1.165) is 38.0 Å². The molecule has 1 aliphatic rings. The van der Waals surface area contributed by atoms with Crippen LogP contribution in [0.2, 0.25) is 0 Å². The molecule has 1 fully saturated rings. The van der Waals surface area contributed by atoms with Gasteiger partial charge in [-0.15, -0.1) is 5.10 Å². The van der Waals surface area contributed by atoms with Crippen molar-refractivity contribution < 1.29 is 9.50 Å². The van der Waals surface area contributed by atoms with Crippen LogP contribution < -0.4 is 5.69 Å². The Morgan fingerprint density at radius 3 is 2.56 bits per heavy atom. The second kappa shape index (κ2) is 7.62. The molecule has 3 heterocycles. The highest BCUT2D eigenvalue weighted by molar-refractivity contribution is 5.35. The first-order valence-corrected chi connectivity index (χ1v) is 9.32. The number of fused-ring (bicyclic) bond motifs is 1. The quantitative estimate of drug-likeness (QED) is 0.747. The van der Waals surface area contributed by atoms with Gasteiger partial charge in [-0.05, 0) is 61.7 Å². The molecule has 0 amide bonds. The van der Waals surface area contributed by atoms with Crippen LogP contribution in [0.5, 0.6) is 0 Å². The van der Waals surface area contributed by atoms with Crippen LogP contribution in [0.25, 0.3) is 5.65 Å². The van der Waals surface area contributed by atoms with Gasteiger partial charge in [0.1, 0.15) is 5.82 Å². The van der Waals surface area contributed by atoms with Gasteiger partial charge in [0.2, 0.25) is 0 Å². The van der Waals surface area contributed by atoms with Crippen LogP contribution in [0.1, 0.15) is 24.5 Å². The van der Waals surface area contributed by atoms with Crippen LogP contribution in [0.3, 0.4) is 0 Å². The van der Waals surface area contributed by atoms with Gasteiger partial charge in [-0.2, -0.15) is 0 Å². The Labute approximate surface area is 156 Å². The monoisotopic (exact) mass is 370 g/mol. The molecule has 0 bridgehead atoms. The van der Waals surface area contributed by atoms with E-state index in [0.29, 0.717) is 12.2 Å². The van der Waals surface area contributed by atoms with E-state index in [-0.39, 0.29) is 17.4 Å². The van der Waals surface area contributed by atoms with Gasteiger partial charge in [-0.3, -0.25) is 4.40 Å². The zero-order chi connectivity index (χ0) is 18.8. The highest BCUT2D eigenvalue weighted by Gasteiger charge is 2.26. The van der Waals surface area contributed by atoms with E-state index < -0.39 is 6.10 Å². The summed E-state index contributed by atoms with van der Waals surface area (Å²) in [5.74, 6) is -0.118. The number of pyridine rings is 1. The van der Waals surface area contributed by atoms with E-state index in [2.05, 4.69) is 10.00 Å². The molecule has 1 atom stereocenters. The second-order valence-electron chi connectivity index (χ2n) is 7.11. The topological polar surface area (TPSA) is 62.8 Å². The molecule has 142 valence electrons. The van der Waals surface area contributed by atoms with Crippen molar-refractivity contribution >= 4 is 5.65 Å². The molecular weight excluding hydrogens is 347 g/mol. The number of aliphatic hydroxyl groups excluding tert-OH is 1. The zero-order valence-corrected chi connectivity index (χ0v) is 15.0. The molecule has 4 rings (SSSR count). The molecular formula is C20H23FN4O2. The fourth-order valence-corrected chi connectivity index (χ4v) is 3.77. The first-order chi connectivity index (χ1) is 13.1. The lowest BCUT2D eigenvalue weighted by Gasteiger charge is -2.34. The van der Waals surface area contributed by atoms with Crippen LogP contribution in [-0.4, -0.2) is 43.8 Å². The molecule has 0 unspecified atom stereocenters. The van der Waals surface area contributed by atoms with Crippen molar-refractivity contribution in [3.8, 4) is 0 Å². The Balaban J connectivity index is 1.32. The number of halogens is 1. The molecule has 1 aliphatic heterocycles. The lowest BCUT2D eigenvalue weighted by molar-refractivity contribution is 0.0575. The average molecular weight is 370 g/mol. The third kappa shape index (κ3) is 3.79. The van der Waals surface area contributed by atoms with E-state index in [1.54, 1.807) is 22.7 Å². The number of rotatable bonds is 5. The minimum absolute atomic E-state index is 0.118. The summed E-state index contributed by atoms with van der Waals surface area (Å²) in [5.41, 5.74) is 1.31. The Morgan fingerprint density at radius 1 is 1.11 bits per heavy atom. The molecule has 6 nitrogen and oxygen atoms in total. The van der Waals surface area contributed by atoms with Crippen LogP contribution in [0.15, 0.2) is 53.5 Å². The van der Waals surface area contributed by atoms with Gasteiger partial charge < -0.3 is 10.0 Å². The van der Waals surface area contributed by atoms with E-state index in [1.165, 1.54) is 16.8 Å². The summed E-state index contributed by atoms with van der Waals surface area (Å²) in [4.78, 5) is 14.6. The van der Waals surface area contributed by atoms with Crippen molar-refractivity contribution in [3.05, 3.63) is 70.5 Å². The van der Waals surface area contributed by atoms with Gasteiger partial charge >= 0.3 is 5.69 Å². The maximum Gasteiger partial charge on any atom is 0.350 e. The maximum atomic E-state index is 13.0. The van der Waals surface area contributed by atoms with Crippen LogP contribution >= 0.6 is 0 Å². The molecule has 0 spiro atoms. The van der Waals surface area contributed by atoms with E-state index in [9.17, 15) is 14.3 Å². The summed E-state index contributed by atoms with van der Waals surface area (Å²) in [6.07, 6.45) is 2.91. The smallest absolute Gasteiger partial charge is 0.350 e. The maximum absolute atomic E-state index is 13.0. The highest BCUT2D eigenvalue weighted by atomic mass is 19.1. The third-order valence-electron chi connectivity index (χ3n) is 5.41. The lowest BCUT2D eigenvalue weighted by Crippen LogP contribution is -2.38. The van der Waals surface area contributed by atoms with Crippen LogP contribution in [0.4, 0.5) is 4.39 Å². The van der Waals surface area contributed by atoms with E-state index in [1.807, 2.05) is 18.2 Å². The number of aliphatic hydroxyl groups is 1. The number of benzene rings is 1. The number of aromatic nitrogens is 3. The first kappa shape index (κ1) is 17.9. The molecule has 0 aliphatic carbocycles. The Hall–Kier alpha value is -2.51. The van der Waals surface area contributed by atoms with Gasteiger partial charge in [-0.25, -0.2) is 13.9 Å². The molecule has 3 aromatic rings.